The third-order valence-corrected chi connectivity index (χ3v) is 3.69. The summed E-state index contributed by atoms with van der Waals surface area (Å²) in [6.07, 6.45) is 3.49. The number of rotatable bonds is 2. The van der Waals surface area contributed by atoms with Crippen molar-refractivity contribution < 1.29 is 4.79 Å². The predicted molar refractivity (Wildman–Crippen MR) is 75.7 cm³/mol. The summed E-state index contributed by atoms with van der Waals surface area (Å²) in [6.45, 7) is 0.809. The third kappa shape index (κ3) is 1.87. The van der Waals surface area contributed by atoms with Crippen molar-refractivity contribution in [2.24, 2.45) is 5.73 Å². The highest BCUT2D eigenvalue weighted by Crippen LogP contribution is 2.34. The van der Waals surface area contributed by atoms with E-state index >= 15 is 0 Å². The highest BCUT2D eigenvalue weighted by atomic mass is 16.1. The first-order valence-corrected chi connectivity index (χ1v) is 6.37. The summed E-state index contributed by atoms with van der Waals surface area (Å²) < 4.78 is 0. The number of aromatic nitrogens is 1. The fourth-order valence-corrected chi connectivity index (χ4v) is 2.77. The van der Waals surface area contributed by atoms with Gasteiger partial charge in [-0.1, -0.05) is 0 Å². The maximum absolute atomic E-state index is 11.5. The summed E-state index contributed by atoms with van der Waals surface area (Å²) in [7, 11) is 0. The molecule has 1 aromatic carbocycles. The van der Waals surface area contributed by atoms with Crippen LogP contribution in [0.5, 0.6) is 0 Å². The van der Waals surface area contributed by atoms with Crippen LogP contribution in [-0.4, -0.2) is 23.5 Å². The molecule has 1 aliphatic rings. The van der Waals surface area contributed by atoms with Gasteiger partial charge in [0.1, 0.15) is 6.04 Å². The van der Waals surface area contributed by atoms with Crippen LogP contribution in [0.1, 0.15) is 12.8 Å². The molecule has 1 aliphatic heterocycles. The first-order valence-electron chi connectivity index (χ1n) is 6.37. The summed E-state index contributed by atoms with van der Waals surface area (Å²) in [6, 6.07) is 7.40. The maximum Gasteiger partial charge on any atom is 0.240 e. The lowest BCUT2D eigenvalue weighted by atomic mass is 10.1. The Hall–Kier alpha value is -2.30. The fourth-order valence-electron chi connectivity index (χ4n) is 2.77. The van der Waals surface area contributed by atoms with Crippen LogP contribution in [0.3, 0.4) is 0 Å². The van der Waals surface area contributed by atoms with Gasteiger partial charge in [-0.2, -0.15) is 0 Å². The molecule has 0 spiro atoms. The molecule has 3 rings (SSSR count). The largest absolute Gasteiger partial charge is 0.396 e. The molecule has 19 heavy (non-hydrogen) atoms. The molecule has 5 nitrogen and oxygen atoms in total. The molecule has 0 bridgehead atoms. The Morgan fingerprint density at radius 3 is 3.00 bits per heavy atom. The topological polar surface area (TPSA) is 85.2 Å². The molecule has 1 fully saturated rings. The first kappa shape index (κ1) is 11.8. The molecule has 5 heteroatoms. The lowest BCUT2D eigenvalue weighted by molar-refractivity contribution is -0.119. The zero-order valence-corrected chi connectivity index (χ0v) is 10.5. The zero-order valence-electron chi connectivity index (χ0n) is 10.5. The van der Waals surface area contributed by atoms with Crippen molar-refractivity contribution in [3.05, 3.63) is 30.5 Å². The average Bonchev–Trinajstić information content (AvgIpc) is 2.89. The molecule has 1 atom stereocenters. The van der Waals surface area contributed by atoms with Crippen LogP contribution in [0, 0.1) is 0 Å². The third-order valence-electron chi connectivity index (χ3n) is 3.69. The van der Waals surface area contributed by atoms with Crippen LogP contribution in [0.2, 0.25) is 0 Å². The van der Waals surface area contributed by atoms with Crippen molar-refractivity contribution in [1.82, 2.24) is 4.98 Å². The van der Waals surface area contributed by atoms with Crippen LogP contribution in [0.25, 0.3) is 10.9 Å². The van der Waals surface area contributed by atoms with Gasteiger partial charge >= 0.3 is 0 Å². The molecule has 2 aromatic rings. The van der Waals surface area contributed by atoms with Crippen molar-refractivity contribution in [2.75, 3.05) is 17.2 Å². The predicted octanol–water partition coefficient (Wildman–Crippen LogP) is 1.27. The number of primary amides is 1. The highest BCUT2D eigenvalue weighted by Gasteiger charge is 2.30. The SMILES string of the molecule is NC(=O)C1CCCN1c1ccc2ncccc2c1N. The monoisotopic (exact) mass is 256 g/mol. The molecular weight excluding hydrogens is 240 g/mol. The second-order valence-electron chi connectivity index (χ2n) is 4.82. The zero-order chi connectivity index (χ0) is 13.4. The van der Waals surface area contributed by atoms with Crippen molar-refractivity contribution in [1.29, 1.82) is 0 Å². The molecular formula is C14H16N4O. The van der Waals surface area contributed by atoms with Gasteiger partial charge in [-0.25, -0.2) is 0 Å². The number of hydrogen-bond acceptors (Lipinski definition) is 4. The average molecular weight is 256 g/mol. The molecule has 1 saturated heterocycles. The number of pyridine rings is 1. The van der Waals surface area contributed by atoms with E-state index in [4.69, 9.17) is 11.5 Å². The lowest BCUT2D eigenvalue weighted by Gasteiger charge is -2.26. The van der Waals surface area contributed by atoms with Crippen molar-refractivity contribution >= 4 is 28.2 Å². The molecule has 1 amide bonds. The lowest BCUT2D eigenvalue weighted by Crippen LogP contribution is -2.40. The van der Waals surface area contributed by atoms with Crippen molar-refractivity contribution in [3.8, 4) is 0 Å². The van der Waals surface area contributed by atoms with E-state index in [0.29, 0.717) is 5.69 Å². The summed E-state index contributed by atoms with van der Waals surface area (Å²) >= 11 is 0. The van der Waals surface area contributed by atoms with E-state index in [9.17, 15) is 4.79 Å². The Labute approximate surface area is 111 Å². The second-order valence-corrected chi connectivity index (χ2v) is 4.82. The number of carbonyl (C=O) groups is 1. The Kier molecular flexibility index (Phi) is 2.74. The summed E-state index contributed by atoms with van der Waals surface area (Å²) in [5.74, 6) is -0.289. The number of benzene rings is 1. The van der Waals surface area contributed by atoms with Gasteiger partial charge in [-0.05, 0) is 37.1 Å². The molecule has 2 heterocycles. The van der Waals surface area contributed by atoms with E-state index in [1.807, 2.05) is 29.2 Å². The number of nitrogens with two attached hydrogens (primary N) is 2. The van der Waals surface area contributed by atoms with Crippen LogP contribution in [-0.2, 0) is 4.79 Å². The smallest absolute Gasteiger partial charge is 0.240 e. The standard InChI is InChI=1S/C14H16N4O/c15-13-9-3-1-7-17-10(9)5-6-11(13)18-8-2-4-12(18)14(16)19/h1,3,5-7,12H,2,4,8,15H2,(H2,16,19). The van der Waals surface area contributed by atoms with Gasteiger partial charge in [0, 0.05) is 18.1 Å². The molecule has 98 valence electrons. The number of carbonyl (C=O) groups excluding carboxylic acids is 1. The van der Waals surface area contributed by atoms with Gasteiger partial charge in [0.25, 0.3) is 0 Å². The van der Waals surface area contributed by atoms with Gasteiger partial charge in [-0.15, -0.1) is 0 Å². The summed E-state index contributed by atoms with van der Waals surface area (Å²) in [5, 5.41) is 0.912. The van der Waals surface area contributed by atoms with Crippen LogP contribution in [0.4, 0.5) is 11.4 Å². The molecule has 1 unspecified atom stereocenters. The van der Waals surface area contributed by atoms with Gasteiger partial charge < -0.3 is 16.4 Å². The molecule has 0 saturated carbocycles. The number of amides is 1. The maximum atomic E-state index is 11.5. The number of anilines is 2. The second kappa shape index (κ2) is 4.42. The molecule has 4 N–H and O–H groups in total. The molecule has 1 aromatic heterocycles. The van der Waals surface area contributed by atoms with E-state index in [0.717, 1.165) is 36.0 Å². The van der Waals surface area contributed by atoms with Gasteiger partial charge in [0.05, 0.1) is 16.9 Å². The minimum absolute atomic E-state index is 0.253. The van der Waals surface area contributed by atoms with Crippen LogP contribution >= 0.6 is 0 Å². The summed E-state index contributed by atoms with van der Waals surface area (Å²) in [4.78, 5) is 17.8. The van der Waals surface area contributed by atoms with Gasteiger partial charge in [0.15, 0.2) is 0 Å². The summed E-state index contributed by atoms with van der Waals surface area (Å²) in [5.41, 5.74) is 14.1. The van der Waals surface area contributed by atoms with E-state index in [1.54, 1.807) is 6.20 Å². The Morgan fingerprint density at radius 1 is 1.37 bits per heavy atom. The van der Waals surface area contributed by atoms with Crippen LogP contribution in [0.15, 0.2) is 30.5 Å². The molecule has 0 aliphatic carbocycles. The number of hydrogen-bond donors (Lipinski definition) is 2. The van der Waals surface area contributed by atoms with E-state index in [-0.39, 0.29) is 11.9 Å². The van der Waals surface area contributed by atoms with Gasteiger partial charge in [-0.3, -0.25) is 9.78 Å². The van der Waals surface area contributed by atoms with E-state index in [2.05, 4.69) is 4.98 Å². The van der Waals surface area contributed by atoms with Crippen molar-refractivity contribution in [2.45, 2.75) is 18.9 Å². The Bertz CT molecular complexity index is 640. The number of nitrogen functional groups attached to an aromatic ring is 1. The van der Waals surface area contributed by atoms with Crippen molar-refractivity contribution in [3.63, 3.8) is 0 Å². The minimum Gasteiger partial charge on any atom is -0.396 e. The highest BCUT2D eigenvalue weighted by molar-refractivity contribution is 5.98. The Morgan fingerprint density at radius 2 is 2.21 bits per heavy atom. The molecule has 0 radical (unpaired) electrons. The van der Waals surface area contributed by atoms with Crippen LogP contribution < -0.4 is 16.4 Å². The Balaban J connectivity index is 2.10. The first-order chi connectivity index (χ1) is 9.18. The number of nitrogens with zero attached hydrogens (tertiary/aromatic N) is 2. The normalized spacial score (nSPS) is 18.9. The minimum atomic E-state index is -0.289. The van der Waals surface area contributed by atoms with E-state index in [1.165, 1.54) is 0 Å². The quantitative estimate of drug-likeness (QED) is 0.792. The van der Waals surface area contributed by atoms with E-state index < -0.39 is 0 Å². The van der Waals surface area contributed by atoms with Gasteiger partial charge in [0.2, 0.25) is 5.91 Å². The fraction of sp³-hybridized carbons (Fsp3) is 0.286. The number of fused-ring (bicyclic) bond motifs is 1.